The molecular weight excluding hydrogens is 370 g/mol. The SMILES string of the molecule is CCn1nc(CCS)nc1Cc1ccc(-c2ccccc2-c2nn[nH]n2)cc1. The first kappa shape index (κ1) is 18.4. The Labute approximate surface area is 168 Å². The summed E-state index contributed by atoms with van der Waals surface area (Å²) in [7, 11) is 0. The van der Waals surface area contributed by atoms with Crippen molar-refractivity contribution >= 4 is 12.6 Å². The molecule has 0 radical (unpaired) electrons. The largest absolute Gasteiger partial charge is 0.250 e. The van der Waals surface area contributed by atoms with Crippen LogP contribution >= 0.6 is 12.6 Å². The lowest BCUT2D eigenvalue weighted by molar-refractivity contribution is 0.619. The van der Waals surface area contributed by atoms with E-state index in [1.165, 1.54) is 5.56 Å². The molecule has 4 rings (SSSR count). The van der Waals surface area contributed by atoms with Gasteiger partial charge in [-0.3, -0.25) is 0 Å². The van der Waals surface area contributed by atoms with Crippen molar-refractivity contribution < 1.29 is 0 Å². The van der Waals surface area contributed by atoms with Gasteiger partial charge in [0.15, 0.2) is 5.82 Å². The van der Waals surface area contributed by atoms with Crippen LogP contribution in [0.1, 0.15) is 24.1 Å². The third-order valence-corrected chi connectivity index (χ3v) is 4.79. The van der Waals surface area contributed by atoms with Gasteiger partial charge in [0.25, 0.3) is 0 Å². The van der Waals surface area contributed by atoms with Gasteiger partial charge in [-0.15, -0.1) is 10.2 Å². The fourth-order valence-electron chi connectivity index (χ4n) is 3.21. The van der Waals surface area contributed by atoms with Gasteiger partial charge >= 0.3 is 0 Å². The summed E-state index contributed by atoms with van der Waals surface area (Å²) in [5.74, 6) is 3.19. The minimum Gasteiger partial charge on any atom is -0.250 e. The Hall–Kier alpha value is -3.00. The highest BCUT2D eigenvalue weighted by molar-refractivity contribution is 7.80. The fourth-order valence-corrected chi connectivity index (χ4v) is 3.41. The molecule has 0 unspecified atom stereocenters. The summed E-state index contributed by atoms with van der Waals surface area (Å²) in [6.45, 7) is 2.89. The highest BCUT2D eigenvalue weighted by Crippen LogP contribution is 2.29. The van der Waals surface area contributed by atoms with Gasteiger partial charge in [-0.25, -0.2) is 9.67 Å². The predicted octanol–water partition coefficient (Wildman–Crippen LogP) is 3.21. The maximum Gasteiger partial charge on any atom is 0.205 e. The maximum atomic E-state index is 4.67. The van der Waals surface area contributed by atoms with E-state index >= 15 is 0 Å². The summed E-state index contributed by atoms with van der Waals surface area (Å²) in [6, 6.07) is 16.6. The van der Waals surface area contributed by atoms with Crippen LogP contribution in [0.4, 0.5) is 0 Å². The Balaban J connectivity index is 1.59. The van der Waals surface area contributed by atoms with Crippen molar-refractivity contribution in [2.45, 2.75) is 26.3 Å². The number of tetrazole rings is 1. The molecule has 7 nitrogen and oxygen atoms in total. The molecule has 1 N–H and O–H groups in total. The lowest BCUT2D eigenvalue weighted by Crippen LogP contribution is -2.04. The van der Waals surface area contributed by atoms with Crippen LogP contribution in [0.3, 0.4) is 0 Å². The predicted molar refractivity (Wildman–Crippen MR) is 111 cm³/mol. The second-order valence-corrected chi connectivity index (χ2v) is 6.84. The topological polar surface area (TPSA) is 85.2 Å². The van der Waals surface area contributed by atoms with Gasteiger partial charge in [-0.1, -0.05) is 48.5 Å². The highest BCUT2D eigenvalue weighted by atomic mass is 32.1. The van der Waals surface area contributed by atoms with Crippen molar-refractivity contribution in [1.29, 1.82) is 0 Å². The number of aromatic amines is 1. The molecule has 0 fully saturated rings. The van der Waals surface area contributed by atoms with Gasteiger partial charge in [0.1, 0.15) is 5.82 Å². The molecule has 0 saturated heterocycles. The van der Waals surface area contributed by atoms with Crippen LogP contribution in [0.25, 0.3) is 22.5 Å². The number of H-pyrrole nitrogens is 1. The smallest absolute Gasteiger partial charge is 0.205 e. The van der Waals surface area contributed by atoms with Crippen molar-refractivity contribution in [2.75, 3.05) is 5.75 Å². The molecule has 2 aromatic heterocycles. The van der Waals surface area contributed by atoms with Crippen molar-refractivity contribution in [3.8, 4) is 22.5 Å². The molecule has 8 heteroatoms. The molecule has 4 aromatic rings. The van der Waals surface area contributed by atoms with Gasteiger partial charge in [0.2, 0.25) is 5.82 Å². The number of aromatic nitrogens is 7. The van der Waals surface area contributed by atoms with Crippen LogP contribution in [-0.4, -0.2) is 41.1 Å². The zero-order chi connectivity index (χ0) is 19.3. The molecule has 0 aliphatic rings. The molecule has 142 valence electrons. The Kier molecular flexibility index (Phi) is 5.48. The summed E-state index contributed by atoms with van der Waals surface area (Å²) in [6.07, 6.45) is 1.54. The van der Waals surface area contributed by atoms with E-state index < -0.39 is 0 Å². The third-order valence-electron chi connectivity index (χ3n) is 4.57. The Morgan fingerprint density at radius 1 is 1.04 bits per heavy atom. The number of rotatable bonds is 7. The van der Waals surface area contributed by atoms with Crippen molar-refractivity contribution in [1.82, 2.24) is 35.4 Å². The quantitative estimate of drug-likeness (QED) is 0.473. The molecule has 0 saturated carbocycles. The Morgan fingerprint density at radius 2 is 1.82 bits per heavy atom. The van der Waals surface area contributed by atoms with Crippen LogP contribution in [0.5, 0.6) is 0 Å². The molecule has 28 heavy (non-hydrogen) atoms. The van der Waals surface area contributed by atoms with Crippen LogP contribution in [0, 0.1) is 0 Å². The minimum atomic E-state index is 0.590. The molecular formula is C20H21N7S. The molecule has 0 bridgehead atoms. The van der Waals surface area contributed by atoms with E-state index in [0.717, 1.165) is 53.5 Å². The average Bonchev–Trinajstić information content (AvgIpc) is 3.39. The number of nitrogens with zero attached hydrogens (tertiary/aromatic N) is 6. The first-order chi connectivity index (χ1) is 13.8. The highest BCUT2D eigenvalue weighted by Gasteiger charge is 2.12. The molecule has 2 heterocycles. The van der Waals surface area contributed by atoms with Gasteiger partial charge in [0, 0.05) is 24.9 Å². The lowest BCUT2D eigenvalue weighted by atomic mass is 9.98. The van der Waals surface area contributed by atoms with E-state index in [0.29, 0.717) is 5.82 Å². The Morgan fingerprint density at radius 3 is 2.50 bits per heavy atom. The number of aryl methyl sites for hydroxylation is 2. The summed E-state index contributed by atoms with van der Waals surface area (Å²) < 4.78 is 1.97. The van der Waals surface area contributed by atoms with Crippen LogP contribution in [-0.2, 0) is 19.4 Å². The van der Waals surface area contributed by atoms with E-state index in [9.17, 15) is 0 Å². The van der Waals surface area contributed by atoms with Gasteiger partial charge in [0.05, 0.1) is 0 Å². The summed E-state index contributed by atoms with van der Waals surface area (Å²) in [4.78, 5) is 4.67. The van der Waals surface area contributed by atoms with E-state index in [1.807, 2.05) is 22.9 Å². The standard InChI is InChI=1S/C20H21N7S/c1-2-27-19(21-18(24-27)11-12-28)13-14-7-9-15(10-8-14)16-5-3-4-6-17(16)20-22-25-26-23-20/h3-10,28H,2,11-13H2,1H3,(H,22,23,25,26). The molecule has 2 aromatic carbocycles. The van der Waals surface area contributed by atoms with Gasteiger partial charge in [-0.05, 0) is 34.6 Å². The first-order valence-electron chi connectivity index (χ1n) is 9.24. The zero-order valence-corrected chi connectivity index (χ0v) is 16.5. The molecule has 0 spiro atoms. The van der Waals surface area contributed by atoms with Crippen molar-refractivity contribution in [3.05, 3.63) is 65.7 Å². The van der Waals surface area contributed by atoms with Gasteiger partial charge < -0.3 is 0 Å². The van der Waals surface area contributed by atoms with E-state index in [2.05, 4.69) is 80.6 Å². The lowest BCUT2D eigenvalue weighted by Gasteiger charge is -2.08. The summed E-state index contributed by atoms with van der Waals surface area (Å²) in [5, 5.41) is 19.0. The molecule has 0 aliphatic heterocycles. The van der Waals surface area contributed by atoms with E-state index in [4.69, 9.17) is 0 Å². The monoisotopic (exact) mass is 391 g/mol. The summed E-state index contributed by atoms with van der Waals surface area (Å²) in [5.41, 5.74) is 4.33. The van der Waals surface area contributed by atoms with Crippen LogP contribution in [0.15, 0.2) is 48.5 Å². The second kappa shape index (κ2) is 8.35. The molecule has 0 aliphatic carbocycles. The first-order valence-corrected chi connectivity index (χ1v) is 9.87. The van der Waals surface area contributed by atoms with Crippen LogP contribution in [0.2, 0.25) is 0 Å². The van der Waals surface area contributed by atoms with E-state index in [-0.39, 0.29) is 0 Å². The molecule has 0 atom stereocenters. The minimum absolute atomic E-state index is 0.590. The van der Waals surface area contributed by atoms with Crippen molar-refractivity contribution in [2.24, 2.45) is 0 Å². The van der Waals surface area contributed by atoms with Crippen LogP contribution < -0.4 is 0 Å². The summed E-state index contributed by atoms with van der Waals surface area (Å²) >= 11 is 4.28. The number of nitrogens with one attached hydrogen (secondary N) is 1. The second-order valence-electron chi connectivity index (χ2n) is 6.39. The zero-order valence-electron chi connectivity index (χ0n) is 15.6. The number of hydrogen-bond acceptors (Lipinski definition) is 6. The normalized spacial score (nSPS) is 11.1. The number of hydrogen-bond donors (Lipinski definition) is 2. The van der Waals surface area contributed by atoms with Gasteiger partial charge in [-0.2, -0.15) is 22.9 Å². The van der Waals surface area contributed by atoms with E-state index in [1.54, 1.807) is 0 Å². The molecule has 0 amide bonds. The van der Waals surface area contributed by atoms with Crippen molar-refractivity contribution in [3.63, 3.8) is 0 Å². The Bertz CT molecular complexity index is 1040. The third kappa shape index (κ3) is 3.82. The fraction of sp³-hybridized carbons (Fsp3) is 0.250. The average molecular weight is 392 g/mol. The maximum absolute atomic E-state index is 4.67. The number of benzene rings is 2. The number of thiol groups is 1.